The average molecular weight is 342 g/mol. The standard InChI is InChI=1S/C20H23FN2O2/c1-22(19-10-6-5-9-18(19)21)20(24)13-17-15-23(11-12-25-17)14-16-7-3-2-4-8-16/h2-10,17H,11-15H2,1H3. The molecule has 3 rings (SSSR count). The van der Waals surface area contributed by atoms with E-state index < -0.39 is 5.82 Å². The second-order valence-corrected chi connectivity index (χ2v) is 6.32. The number of morpholine rings is 1. The summed E-state index contributed by atoms with van der Waals surface area (Å²) in [6, 6.07) is 16.6. The summed E-state index contributed by atoms with van der Waals surface area (Å²) in [5.41, 5.74) is 1.54. The molecule has 1 fully saturated rings. The van der Waals surface area contributed by atoms with E-state index in [4.69, 9.17) is 4.74 Å². The maximum absolute atomic E-state index is 13.8. The molecular weight excluding hydrogens is 319 g/mol. The van der Waals surface area contributed by atoms with Gasteiger partial charge in [0, 0.05) is 26.7 Å². The largest absolute Gasteiger partial charge is 0.375 e. The van der Waals surface area contributed by atoms with Crippen molar-refractivity contribution >= 4 is 11.6 Å². The highest BCUT2D eigenvalue weighted by atomic mass is 19.1. The zero-order chi connectivity index (χ0) is 17.6. The van der Waals surface area contributed by atoms with Crippen molar-refractivity contribution in [3.05, 3.63) is 66.0 Å². The number of para-hydroxylation sites is 1. The molecule has 132 valence electrons. The number of amides is 1. The van der Waals surface area contributed by atoms with E-state index in [0.717, 1.165) is 13.1 Å². The van der Waals surface area contributed by atoms with Gasteiger partial charge in [-0.2, -0.15) is 0 Å². The van der Waals surface area contributed by atoms with Crippen molar-refractivity contribution in [1.29, 1.82) is 0 Å². The fraction of sp³-hybridized carbons (Fsp3) is 0.350. The zero-order valence-electron chi connectivity index (χ0n) is 14.4. The van der Waals surface area contributed by atoms with E-state index in [-0.39, 0.29) is 18.4 Å². The summed E-state index contributed by atoms with van der Waals surface area (Å²) in [7, 11) is 1.60. The quantitative estimate of drug-likeness (QED) is 0.837. The Kier molecular flexibility index (Phi) is 5.79. The van der Waals surface area contributed by atoms with E-state index in [9.17, 15) is 9.18 Å². The predicted octanol–water partition coefficient (Wildman–Crippen LogP) is 3.08. The first kappa shape index (κ1) is 17.6. The number of anilines is 1. The van der Waals surface area contributed by atoms with Crippen LogP contribution in [0.25, 0.3) is 0 Å². The summed E-state index contributed by atoms with van der Waals surface area (Å²) >= 11 is 0. The topological polar surface area (TPSA) is 32.8 Å². The van der Waals surface area contributed by atoms with E-state index in [2.05, 4.69) is 17.0 Å². The molecule has 25 heavy (non-hydrogen) atoms. The number of halogens is 1. The second kappa shape index (κ2) is 8.23. The number of hydrogen-bond acceptors (Lipinski definition) is 3. The van der Waals surface area contributed by atoms with E-state index in [1.165, 1.54) is 16.5 Å². The summed E-state index contributed by atoms with van der Waals surface area (Å²) in [6.07, 6.45) is 0.0787. The van der Waals surface area contributed by atoms with Gasteiger partial charge in [-0.25, -0.2) is 4.39 Å². The van der Waals surface area contributed by atoms with Crippen LogP contribution in [0.3, 0.4) is 0 Å². The smallest absolute Gasteiger partial charge is 0.229 e. The van der Waals surface area contributed by atoms with Gasteiger partial charge in [-0.3, -0.25) is 9.69 Å². The molecule has 0 N–H and O–H groups in total. The maximum Gasteiger partial charge on any atom is 0.229 e. The molecule has 5 heteroatoms. The van der Waals surface area contributed by atoms with Crippen LogP contribution in [0.5, 0.6) is 0 Å². The van der Waals surface area contributed by atoms with Crippen molar-refractivity contribution in [2.24, 2.45) is 0 Å². The van der Waals surface area contributed by atoms with E-state index in [0.29, 0.717) is 18.8 Å². The lowest BCUT2D eigenvalue weighted by molar-refractivity contribution is -0.123. The first-order valence-corrected chi connectivity index (χ1v) is 8.52. The predicted molar refractivity (Wildman–Crippen MR) is 95.9 cm³/mol. The molecule has 1 amide bonds. The fourth-order valence-electron chi connectivity index (χ4n) is 3.08. The Balaban J connectivity index is 1.57. The third-order valence-electron chi connectivity index (χ3n) is 4.46. The molecule has 2 aromatic carbocycles. The minimum atomic E-state index is -0.395. The Morgan fingerprint density at radius 1 is 1.20 bits per heavy atom. The lowest BCUT2D eigenvalue weighted by Crippen LogP contribution is -2.44. The van der Waals surface area contributed by atoms with Gasteiger partial charge in [0.1, 0.15) is 5.82 Å². The van der Waals surface area contributed by atoms with Gasteiger partial charge < -0.3 is 9.64 Å². The molecule has 1 unspecified atom stereocenters. The van der Waals surface area contributed by atoms with Crippen molar-refractivity contribution in [3.63, 3.8) is 0 Å². The average Bonchev–Trinajstić information content (AvgIpc) is 2.63. The summed E-state index contributed by atoms with van der Waals surface area (Å²) in [6.45, 7) is 3.00. The molecule has 1 atom stereocenters. The molecular formula is C20H23FN2O2. The molecule has 0 radical (unpaired) electrons. The van der Waals surface area contributed by atoms with Crippen molar-refractivity contribution in [2.45, 2.75) is 19.1 Å². The van der Waals surface area contributed by atoms with Gasteiger partial charge in [0.15, 0.2) is 0 Å². The number of nitrogens with zero attached hydrogens (tertiary/aromatic N) is 2. The lowest BCUT2D eigenvalue weighted by atomic mass is 10.1. The summed E-state index contributed by atoms with van der Waals surface area (Å²) < 4.78 is 19.6. The van der Waals surface area contributed by atoms with Crippen LogP contribution in [0.1, 0.15) is 12.0 Å². The van der Waals surface area contributed by atoms with Gasteiger partial charge in [-0.1, -0.05) is 42.5 Å². The minimum absolute atomic E-state index is 0.142. The van der Waals surface area contributed by atoms with Gasteiger partial charge >= 0.3 is 0 Å². The maximum atomic E-state index is 13.8. The molecule has 1 aliphatic rings. The molecule has 4 nitrogen and oxygen atoms in total. The molecule has 0 bridgehead atoms. The monoisotopic (exact) mass is 342 g/mol. The van der Waals surface area contributed by atoms with Crippen molar-refractivity contribution < 1.29 is 13.9 Å². The van der Waals surface area contributed by atoms with Crippen LogP contribution < -0.4 is 4.90 Å². The molecule has 0 aromatic heterocycles. The molecule has 0 aliphatic carbocycles. The highest BCUT2D eigenvalue weighted by Gasteiger charge is 2.25. The second-order valence-electron chi connectivity index (χ2n) is 6.32. The third-order valence-corrected chi connectivity index (χ3v) is 4.46. The lowest BCUT2D eigenvalue weighted by Gasteiger charge is -2.33. The normalized spacial score (nSPS) is 18.1. The fourth-order valence-corrected chi connectivity index (χ4v) is 3.08. The van der Waals surface area contributed by atoms with Crippen molar-refractivity contribution in [3.8, 4) is 0 Å². The van der Waals surface area contributed by atoms with Crippen LogP contribution in [0, 0.1) is 5.82 Å². The highest BCUT2D eigenvalue weighted by molar-refractivity contribution is 5.93. The number of hydrogen-bond donors (Lipinski definition) is 0. The highest BCUT2D eigenvalue weighted by Crippen LogP contribution is 2.20. The number of carbonyl (C=O) groups excluding carboxylic acids is 1. The SMILES string of the molecule is CN(C(=O)CC1CN(Cc2ccccc2)CCO1)c1ccccc1F. The molecule has 1 heterocycles. The Labute approximate surface area is 147 Å². The molecule has 1 saturated heterocycles. The van der Waals surface area contributed by atoms with Crippen LogP contribution in [0.2, 0.25) is 0 Å². The van der Waals surface area contributed by atoms with Crippen molar-refractivity contribution in [2.75, 3.05) is 31.6 Å². The summed E-state index contributed by atoms with van der Waals surface area (Å²) in [5.74, 6) is -0.537. The summed E-state index contributed by atoms with van der Waals surface area (Å²) in [4.78, 5) is 16.2. The molecule has 0 saturated carbocycles. The number of rotatable bonds is 5. The van der Waals surface area contributed by atoms with Crippen molar-refractivity contribution in [1.82, 2.24) is 4.90 Å². The van der Waals surface area contributed by atoms with Crippen LogP contribution >= 0.6 is 0 Å². The Morgan fingerprint density at radius 3 is 2.68 bits per heavy atom. The van der Waals surface area contributed by atoms with E-state index in [1.54, 1.807) is 25.2 Å². The first-order chi connectivity index (χ1) is 12.1. The Hall–Kier alpha value is -2.24. The number of benzene rings is 2. The van der Waals surface area contributed by atoms with Gasteiger partial charge in [-0.05, 0) is 17.7 Å². The van der Waals surface area contributed by atoms with Gasteiger partial charge in [0.25, 0.3) is 0 Å². The number of carbonyl (C=O) groups is 1. The Morgan fingerprint density at radius 2 is 1.92 bits per heavy atom. The molecule has 2 aromatic rings. The molecule has 1 aliphatic heterocycles. The minimum Gasteiger partial charge on any atom is -0.375 e. The van der Waals surface area contributed by atoms with Gasteiger partial charge in [0.05, 0.1) is 24.8 Å². The van der Waals surface area contributed by atoms with E-state index >= 15 is 0 Å². The number of ether oxygens (including phenoxy) is 1. The van der Waals surface area contributed by atoms with E-state index in [1.807, 2.05) is 18.2 Å². The van der Waals surface area contributed by atoms with Crippen LogP contribution in [-0.2, 0) is 16.1 Å². The van der Waals surface area contributed by atoms with Crippen LogP contribution in [-0.4, -0.2) is 43.7 Å². The van der Waals surface area contributed by atoms with Gasteiger partial charge in [0.2, 0.25) is 5.91 Å². The Bertz CT molecular complexity index is 708. The summed E-state index contributed by atoms with van der Waals surface area (Å²) in [5, 5.41) is 0. The van der Waals surface area contributed by atoms with Crippen LogP contribution in [0.15, 0.2) is 54.6 Å². The molecule has 0 spiro atoms. The first-order valence-electron chi connectivity index (χ1n) is 8.52. The zero-order valence-corrected chi connectivity index (χ0v) is 14.4. The van der Waals surface area contributed by atoms with Gasteiger partial charge in [-0.15, -0.1) is 0 Å². The van der Waals surface area contributed by atoms with Crippen LogP contribution in [0.4, 0.5) is 10.1 Å². The third kappa shape index (κ3) is 4.65.